The first-order valence-corrected chi connectivity index (χ1v) is 13.2. The number of nitrogens with one attached hydrogen (secondary N) is 2. The van der Waals surface area contributed by atoms with Crippen molar-refractivity contribution in [1.82, 2.24) is 25.1 Å². The molecule has 3 atom stereocenters. The Hall–Kier alpha value is -4.51. The summed E-state index contributed by atoms with van der Waals surface area (Å²) >= 11 is 0. The number of carbonyl (C=O) groups excluding carboxylic acids is 1. The number of piperazine rings is 1. The number of hydrogen-bond acceptors (Lipinski definition) is 8. The number of furan rings is 1. The van der Waals surface area contributed by atoms with E-state index in [1.165, 1.54) is 10.7 Å². The number of aryl methyl sites for hydroxylation is 1. The average Bonchev–Trinajstić information content (AvgIpc) is 3.57. The number of halogens is 1. The zero-order valence-corrected chi connectivity index (χ0v) is 22.7. The van der Waals surface area contributed by atoms with Crippen molar-refractivity contribution in [3.05, 3.63) is 72.2 Å². The first-order valence-electron chi connectivity index (χ1n) is 13.2. The fraction of sp³-hybridized carbons (Fsp3) is 0.310. The lowest BCUT2D eigenvalue weighted by Gasteiger charge is -2.38. The number of nitrogens with zero attached hydrogens (tertiary/aromatic N) is 5. The molecule has 11 heteroatoms. The van der Waals surface area contributed by atoms with Gasteiger partial charge in [-0.2, -0.15) is 10.1 Å². The van der Waals surface area contributed by atoms with Crippen molar-refractivity contribution in [3.8, 4) is 6.01 Å². The maximum atomic E-state index is 14.7. The van der Waals surface area contributed by atoms with Gasteiger partial charge in [0.05, 0.1) is 23.6 Å². The SMILES string of the molecule is C[C@H]1CN(c2ccc(C(=O)Nc3cc(F)c4nn(C)cc4c3)c3nc(O[C@H](C)c4ccoc4)ncc23)C[C@H](C)N1. The maximum Gasteiger partial charge on any atom is 0.317 e. The summed E-state index contributed by atoms with van der Waals surface area (Å²) < 4.78 is 27.4. The van der Waals surface area contributed by atoms with Crippen molar-refractivity contribution < 1.29 is 18.3 Å². The standard InChI is InChI=1S/C29H30FN7O3/c1-16-12-37(13-17(2)32-16)25-6-5-22(28(38)33-21-9-20-14-36(4)35-26(20)24(30)10-21)27-23(25)11-31-29(34-27)40-18(3)19-7-8-39-15-19/h5-11,14-18,32H,12-13H2,1-4H3,(H,33,38)/t16-,17-,18+/m0/s1. The second-order valence-corrected chi connectivity index (χ2v) is 10.4. The van der Waals surface area contributed by atoms with Gasteiger partial charge in [0.2, 0.25) is 0 Å². The monoisotopic (exact) mass is 543 g/mol. The quantitative estimate of drug-likeness (QED) is 0.314. The third-order valence-corrected chi connectivity index (χ3v) is 7.08. The Bertz CT molecular complexity index is 1690. The zero-order chi connectivity index (χ0) is 28.0. The highest BCUT2D eigenvalue weighted by molar-refractivity contribution is 6.14. The number of rotatable bonds is 6. The summed E-state index contributed by atoms with van der Waals surface area (Å²) in [6, 6.07) is 9.16. The first kappa shape index (κ1) is 25.8. The topological polar surface area (TPSA) is 110 Å². The van der Waals surface area contributed by atoms with E-state index in [2.05, 4.69) is 39.5 Å². The zero-order valence-electron chi connectivity index (χ0n) is 22.7. The summed E-state index contributed by atoms with van der Waals surface area (Å²) in [5.74, 6) is -0.935. The predicted molar refractivity (Wildman–Crippen MR) is 150 cm³/mol. The Labute approximate surface area is 230 Å². The van der Waals surface area contributed by atoms with Gasteiger partial charge in [-0.05, 0) is 51.1 Å². The van der Waals surface area contributed by atoms with Gasteiger partial charge in [-0.25, -0.2) is 9.37 Å². The molecule has 1 amide bonds. The molecule has 0 unspecified atom stereocenters. The van der Waals surface area contributed by atoms with Gasteiger partial charge in [0.1, 0.15) is 11.6 Å². The number of benzene rings is 2. The van der Waals surface area contributed by atoms with Crippen LogP contribution in [-0.2, 0) is 7.05 Å². The van der Waals surface area contributed by atoms with Gasteiger partial charge in [-0.1, -0.05) is 0 Å². The molecule has 3 aromatic heterocycles. The van der Waals surface area contributed by atoms with Crippen LogP contribution in [0.2, 0.25) is 0 Å². The lowest BCUT2D eigenvalue weighted by Crippen LogP contribution is -2.54. The third kappa shape index (κ3) is 4.95. The van der Waals surface area contributed by atoms with E-state index in [1.807, 2.05) is 19.1 Å². The number of amides is 1. The number of fused-ring (bicyclic) bond motifs is 2. The number of anilines is 2. The predicted octanol–water partition coefficient (Wildman–Crippen LogP) is 4.83. The molecule has 40 heavy (non-hydrogen) atoms. The van der Waals surface area contributed by atoms with Gasteiger partial charge < -0.3 is 24.7 Å². The van der Waals surface area contributed by atoms with Crippen LogP contribution in [-0.4, -0.2) is 50.8 Å². The molecule has 0 spiro atoms. The lowest BCUT2D eigenvalue weighted by atomic mass is 10.0. The van der Waals surface area contributed by atoms with Gasteiger partial charge in [-0.15, -0.1) is 0 Å². The highest BCUT2D eigenvalue weighted by Gasteiger charge is 2.25. The molecule has 1 fully saturated rings. The second kappa shape index (κ2) is 10.2. The Morgan fingerprint density at radius 2 is 2.00 bits per heavy atom. The minimum atomic E-state index is -0.512. The van der Waals surface area contributed by atoms with Crippen molar-refractivity contribution in [2.45, 2.75) is 39.0 Å². The molecule has 0 saturated carbocycles. The summed E-state index contributed by atoms with van der Waals surface area (Å²) in [6.45, 7) is 7.75. The van der Waals surface area contributed by atoms with Crippen molar-refractivity contribution in [2.75, 3.05) is 23.3 Å². The largest absolute Gasteiger partial charge is 0.472 e. The lowest BCUT2D eigenvalue weighted by molar-refractivity contribution is 0.102. The summed E-state index contributed by atoms with van der Waals surface area (Å²) in [4.78, 5) is 25.1. The van der Waals surface area contributed by atoms with E-state index >= 15 is 0 Å². The van der Waals surface area contributed by atoms with Crippen molar-refractivity contribution in [3.63, 3.8) is 0 Å². The van der Waals surface area contributed by atoms with Gasteiger partial charge in [0.25, 0.3) is 5.91 Å². The minimum absolute atomic E-state index is 0.136. The highest BCUT2D eigenvalue weighted by Crippen LogP contribution is 2.32. The van der Waals surface area contributed by atoms with Crippen LogP contribution in [0.4, 0.5) is 15.8 Å². The van der Waals surface area contributed by atoms with Crippen LogP contribution in [0.3, 0.4) is 0 Å². The molecule has 0 bridgehead atoms. The maximum absolute atomic E-state index is 14.7. The van der Waals surface area contributed by atoms with Crippen LogP contribution in [0.15, 0.2) is 59.7 Å². The molecule has 0 radical (unpaired) electrons. The second-order valence-electron chi connectivity index (χ2n) is 10.4. The first-order chi connectivity index (χ1) is 19.2. The van der Waals surface area contributed by atoms with E-state index in [9.17, 15) is 9.18 Å². The number of hydrogen-bond donors (Lipinski definition) is 2. The molecule has 2 aromatic carbocycles. The van der Waals surface area contributed by atoms with E-state index in [0.717, 1.165) is 29.7 Å². The van der Waals surface area contributed by atoms with Gasteiger partial charge in [-0.3, -0.25) is 9.48 Å². The number of aromatic nitrogens is 4. The van der Waals surface area contributed by atoms with E-state index < -0.39 is 11.7 Å². The molecule has 10 nitrogen and oxygen atoms in total. The average molecular weight is 544 g/mol. The molecule has 1 saturated heterocycles. The molecular formula is C29H30FN7O3. The normalized spacial score (nSPS) is 18.3. The summed E-state index contributed by atoms with van der Waals surface area (Å²) in [5, 5.41) is 11.8. The fourth-order valence-corrected chi connectivity index (χ4v) is 5.34. The fourth-order valence-electron chi connectivity index (χ4n) is 5.34. The van der Waals surface area contributed by atoms with Gasteiger partial charge in [0.15, 0.2) is 5.82 Å². The van der Waals surface area contributed by atoms with Crippen LogP contribution < -0.4 is 20.3 Å². The molecule has 1 aliphatic rings. The van der Waals surface area contributed by atoms with Gasteiger partial charge in [0, 0.05) is 72.3 Å². The van der Waals surface area contributed by atoms with Crippen LogP contribution in [0, 0.1) is 5.82 Å². The molecule has 206 valence electrons. The van der Waals surface area contributed by atoms with E-state index in [1.54, 1.807) is 44.1 Å². The van der Waals surface area contributed by atoms with E-state index in [0.29, 0.717) is 34.2 Å². The van der Waals surface area contributed by atoms with Gasteiger partial charge >= 0.3 is 6.01 Å². The number of carbonyl (C=O) groups is 1. The molecule has 0 aliphatic carbocycles. The molecular weight excluding hydrogens is 513 g/mol. The molecule has 4 heterocycles. The molecule has 2 N–H and O–H groups in total. The smallest absolute Gasteiger partial charge is 0.317 e. The molecule has 6 rings (SSSR count). The Morgan fingerprint density at radius 1 is 1.20 bits per heavy atom. The molecule has 1 aliphatic heterocycles. The summed E-state index contributed by atoms with van der Waals surface area (Å²) in [5.41, 5.74) is 3.11. The van der Waals surface area contributed by atoms with Crippen LogP contribution in [0.25, 0.3) is 21.8 Å². The Balaban J connectivity index is 1.39. The van der Waals surface area contributed by atoms with Crippen LogP contribution in [0.5, 0.6) is 6.01 Å². The van der Waals surface area contributed by atoms with Crippen LogP contribution in [0.1, 0.15) is 42.8 Å². The number of ether oxygens (including phenoxy) is 1. The summed E-state index contributed by atoms with van der Waals surface area (Å²) in [6.07, 6.45) is 6.22. The van der Waals surface area contributed by atoms with E-state index in [-0.39, 0.29) is 17.6 Å². The van der Waals surface area contributed by atoms with E-state index in [4.69, 9.17) is 14.1 Å². The summed E-state index contributed by atoms with van der Waals surface area (Å²) in [7, 11) is 1.72. The van der Waals surface area contributed by atoms with Crippen molar-refractivity contribution >= 4 is 39.1 Å². The molecule has 5 aromatic rings. The highest BCUT2D eigenvalue weighted by atomic mass is 19.1. The van der Waals surface area contributed by atoms with Crippen molar-refractivity contribution in [2.24, 2.45) is 7.05 Å². The minimum Gasteiger partial charge on any atom is -0.472 e. The third-order valence-electron chi connectivity index (χ3n) is 7.08. The Morgan fingerprint density at radius 3 is 2.75 bits per heavy atom. The van der Waals surface area contributed by atoms with Crippen molar-refractivity contribution in [1.29, 1.82) is 0 Å². The van der Waals surface area contributed by atoms with Crippen LogP contribution >= 0.6 is 0 Å². The Kier molecular flexibility index (Phi) is 6.59.